The number of aromatic nitrogens is 3. The zero-order chi connectivity index (χ0) is 14.8. The third-order valence-electron chi connectivity index (χ3n) is 2.79. The summed E-state index contributed by atoms with van der Waals surface area (Å²) >= 11 is 5.73. The Morgan fingerprint density at radius 2 is 2.14 bits per heavy atom. The van der Waals surface area contributed by atoms with Crippen LogP contribution in [0.4, 0.5) is 20.6 Å². The molecule has 3 N–H and O–H groups in total. The number of carbonyl (C=O) groups excluding carboxylic acids is 1. The van der Waals surface area contributed by atoms with Gasteiger partial charge in [0.05, 0.1) is 22.8 Å². The summed E-state index contributed by atoms with van der Waals surface area (Å²) in [6.07, 6.45) is 2.83. The molecule has 2 heterocycles. The van der Waals surface area contributed by atoms with Crippen LogP contribution in [0, 0.1) is 5.82 Å². The molecule has 0 aliphatic heterocycles. The van der Waals surface area contributed by atoms with Crippen LogP contribution >= 0.6 is 11.6 Å². The summed E-state index contributed by atoms with van der Waals surface area (Å²) in [6, 6.07) is 5.34. The van der Waals surface area contributed by atoms with Crippen molar-refractivity contribution in [1.29, 1.82) is 0 Å². The molecule has 0 atom stereocenters. The topological polar surface area (TPSA) is 82.7 Å². The van der Waals surface area contributed by atoms with Gasteiger partial charge in [-0.2, -0.15) is 5.10 Å². The number of H-pyrrole nitrogens is 1. The second-order valence-electron chi connectivity index (χ2n) is 4.20. The molecule has 0 aliphatic carbocycles. The Morgan fingerprint density at radius 1 is 1.29 bits per heavy atom. The number of aromatic amines is 1. The van der Waals surface area contributed by atoms with E-state index in [0.717, 1.165) is 0 Å². The minimum atomic E-state index is -0.486. The number of nitrogens with one attached hydrogen (secondary N) is 3. The van der Waals surface area contributed by atoms with Gasteiger partial charge in [0.2, 0.25) is 0 Å². The van der Waals surface area contributed by atoms with Gasteiger partial charge in [-0.1, -0.05) is 11.6 Å². The van der Waals surface area contributed by atoms with E-state index in [-0.39, 0.29) is 5.15 Å². The molecule has 0 bridgehead atoms. The predicted octanol–water partition coefficient (Wildman–Crippen LogP) is 3.39. The molecule has 0 saturated carbocycles. The number of fused-ring (bicyclic) bond motifs is 1. The summed E-state index contributed by atoms with van der Waals surface area (Å²) < 4.78 is 13.5. The molecular formula is C13H9ClFN5O. The minimum Gasteiger partial charge on any atom is -0.308 e. The smallest absolute Gasteiger partial charge is 0.308 e. The Kier molecular flexibility index (Phi) is 3.41. The number of anilines is 2. The molecule has 0 saturated heterocycles. The van der Waals surface area contributed by atoms with E-state index in [2.05, 4.69) is 25.8 Å². The van der Waals surface area contributed by atoms with Gasteiger partial charge in [-0.25, -0.2) is 14.2 Å². The minimum absolute atomic E-state index is 0.269. The summed E-state index contributed by atoms with van der Waals surface area (Å²) in [5, 5.41) is 12.2. The van der Waals surface area contributed by atoms with Crippen LogP contribution in [0.1, 0.15) is 0 Å². The number of nitrogens with zero attached hydrogens (tertiary/aromatic N) is 2. The Bertz CT molecular complexity index is 819. The van der Waals surface area contributed by atoms with Crippen molar-refractivity contribution in [1.82, 2.24) is 15.2 Å². The molecule has 0 radical (unpaired) electrons. The van der Waals surface area contributed by atoms with Crippen LogP contribution in [0.2, 0.25) is 5.15 Å². The van der Waals surface area contributed by atoms with E-state index >= 15 is 0 Å². The number of urea groups is 1. The molecule has 0 fully saturated rings. The molecule has 106 valence electrons. The summed E-state index contributed by atoms with van der Waals surface area (Å²) in [4.78, 5) is 15.7. The highest BCUT2D eigenvalue weighted by atomic mass is 35.5. The average Bonchev–Trinajstić information content (AvgIpc) is 2.92. The van der Waals surface area contributed by atoms with Crippen molar-refractivity contribution in [3.05, 3.63) is 47.6 Å². The van der Waals surface area contributed by atoms with E-state index < -0.39 is 11.8 Å². The van der Waals surface area contributed by atoms with Crippen molar-refractivity contribution >= 4 is 39.9 Å². The van der Waals surface area contributed by atoms with E-state index in [1.807, 2.05) is 0 Å². The van der Waals surface area contributed by atoms with Crippen molar-refractivity contribution < 1.29 is 9.18 Å². The first kappa shape index (κ1) is 13.3. The fourth-order valence-electron chi connectivity index (χ4n) is 1.87. The van der Waals surface area contributed by atoms with Gasteiger partial charge in [-0.05, 0) is 24.3 Å². The van der Waals surface area contributed by atoms with Crippen molar-refractivity contribution in [3.8, 4) is 0 Å². The molecular weight excluding hydrogens is 297 g/mol. The molecule has 2 aromatic heterocycles. The maximum Gasteiger partial charge on any atom is 0.323 e. The van der Waals surface area contributed by atoms with Gasteiger partial charge in [0.1, 0.15) is 11.0 Å². The zero-order valence-corrected chi connectivity index (χ0v) is 11.3. The molecule has 1 aromatic carbocycles. The van der Waals surface area contributed by atoms with Gasteiger partial charge in [0.25, 0.3) is 0 Å². The maximum atomic E-state index is 13.5. The number of halogens is 2. The lowest BCUT2D eigenvalue weighted by atomic mass is 10.2. The first-order valence-corrected chi connectivity index (χ1v) is 6.32. The van der Waals surface area contributed by atoms with Gasteiger partial charge in [-0.3, -0.25) is 5.10 Å². The van der Waals surface area contributed by atoms with Crippen LogP contribution < -0.4 is 10.6 Å². The molecule has 3 rings (SSSR count). The SMILES string of the molecule is O=C(Nc1ccnc(Cl)c1)Nc1ccc(F)c2cn[nH]c12. The molecule has 6 nitrogen and oxygen atoms in total. The van der Waals surface area contributed by atoms with Gasteiger partial charge in [0, 0.05) is 11.9 Å². The van der Waals surface area contributed by atoms with Gasteiger partial charge in [-0.15, -0.1) is 0 Å². The van der Waals surface area contributed by atoms with E-state index in [1.165, 1.54) is 30.6 Å². The number of benzene rings is 1. The van der Waals surface area contributed by atoms with E-state index in [1.54, 1.807) is 6.07 Å². The fraction of sp³-hybridized carbons (Fsp3) is 0. The molecule has 0 spiro atoms. The zero-order valence-electron chi connectivity index (χ0n) is 10.5. The Morgan fingerprint density at radius 3 is 2.95 bits per heavy atom. The Labute approximate surface area is 123 Å². The van der Waals surface area contributed by atoms with Gasteiger partial charge in [0.15, 0.2) is 0 Å². The lowest BCUT2D eigenvalue weighted by Crippen LogP contribution is -2.19. The van der Waals surface area contributed by atoms with Crippen molar-refractivity contribution in [2.75, 3.05) is 10.6 Å². The lowest BCUT2D eigenvalue weighted by molar-refractivity contribution is 0.262. The largest absolute Gasteiger partial charge is 0.323 e. The van der Waals surface area contributed by atoms with Crippen LogP contribution in [0.5, 0.6) is 0 Å². The Hall–Kier alpha value is -2.67. The number of rotatable bonds is 2. The Balaban J connectivity index is 1.80. The van der Waals surface area contributed by atoms with Crippen molar-refractivity contribution in [2.45, 2.75) is 0 Å². The maximum absolute atomic E-state index is 13.5. The predicted molar refractivity (Wildman–Crippen MR) is 77.9 cm³/mol. The van der Waals surface area contributed by atoms with Gasteiger partial charge < -0.3 is 10.6 Å². The summed E-state index contributed by atoms with van der Waals surface area (Å²) in [7, 11) is 0. The number of carbonyl (C=O) groups is 1. The summed E-state index contributed by atoms with van der Waals surface area (Å²) in [5.41, 5.74) is 1.33. The molecule has 8 heteroatoms. The van der Waals surface area contributed by atoms with Crippen molar-refractivity contribution in [3.63, 3.8) is 0 Å². The highest BCUT2D eigenvalue weighted by molar-refractivity contribution is 6.29. The number of amides is 2. The second-order valence-corrected chi connectivity index (χ2v) is 4.59. The highest BCUT2D eigenvalue weighted by Crippen LogP contribution is 2.23. The average molecular weight is 306 g/mol. The van der Waals surface area contributed by atoms with E-state index in [0.29, 0.717) is 22.3 Å². The molecule has 21 heavy (non-hydrogen) atoms. The van der Waals surface area contributed by atoms with Crippen LogP contribution in [0.15, 0.2) is 36.7 Å². The molecule has 2 amide bonds. The van der Waals surface area contributed by atoms with Crippen molar-refractivity contribution in [2.24, 2.45) is 0 Å². The third-order valence-corrected chi connectivity index (χ3v) is 3.00. The lowest BCUT2D eigenvalue weighted by Gasteiger charge is -2.08. The highest BCUT2D eigenvalue weighted by Gasteiger charge is 2.10. The first-order valence-electron chi connectivity index (χ1n) is 5.94. The first-order chi connectivity index (χ1) is 10.1. The quantitative estimate of drug-likeness (QED) is 0.635. The number of hydrogen-bond donors (Lipinski definition) is 3. The third kappa shape index (κ3) is 2.77. The van der Waals surface area contributed by atoms with Crippen LogP contribution in [0.25, 0.3) is 10.9 Å². The van der Waals surface area contributed by atoms with E-state index in [4.69, 9.17) is 11.6 Å². The standard InChI is InChI=1S/C13H9ClFN5O/c14-11-5-7(3-4-16-11)18-13(21)19-10-2-1-9(15)8-6-17-20-12(8)10/h1-6H,(H,17,20)(H2,16,18,19,21). The summed E-state index contributed by atoms with van der Waals surface area (Å²) in [6.45, 7) is 0. The molecule has 3 aromatic rings. The monoisotopic (exact) mass is 305 g/mol. The van der Waals surface area contributed by atoms with Crippen LogP contribution in [-0.2, 0) is 0 Å². The van der Waals surface area contributed by atoms with E-state index in [9.17, 15) is 9.18 Å². The normalized spacial score (nSPS) is 10.6. The number of pyridine rings is 1. The number of hydrogen-bond acceptors (Lipinski definition) is 3. The van der Waals surface area contributed by atoms with Crippen LogP contribution in [-0.4, -0.2) is 21.2 Å². The fourth-order valence-corrected chi connectivity index (χ4v) is 2.05. The second kappa shape index (κ2) is 5.37. The molecule has 0 unspecified atom stereocenters. The van der Waals surface area contributed by atoms with Gasteiger partial charge >= 0.3 is 6.03 Å². The molecule has 0 aliphatic rings. The van der Waals surface area contributed by atoms with Crippen LogP contribution in [0.3, 0.4) is 0 Å². The summed E-state index contributed by atoms with van der Waals surface area (Å²) in [5.74, 6) is -0.411.